The number of pyridine rings is 1. The highest BCUT2D eigenvalue weighted by atomic mass is 35.5. The smallest absolute Gasteiger partial charge is 0.0757 e. The van der Waals surface area contributed by atoms with Crippen LogP contribution in [0.25, 0.3) is 10.8 Å². The third-order valence-electron chi connectivity index (χ3n) is 3.59. The molecule has 0 spiro atoms. The zero-order valence-corrected chi connectivity index (χ0v) is 12.6. The molecule has 106 valence electrons. The van der Waals surface area contributed by atoms with Gasteiger partial charge in [-0.3, -0.25) is 4.98 Å². The fourth-order valence-corrected chi connectivity index (χ4v) is 2.73. The molecule has 1 N–H and O–H groups in total. The second-order valence-corrected chi connectivity index (χ2v) is 5.40. The predicted molar refractivity (Wildman–Crippen MR) is 88.7 cm³/mol. The molecule has 1 heterocycles. The van der Waals surface area contributed by atoms with Crippen molar-refractivity contribution in [3.8, 4) is 0 Å². The summed E-state index contributed by atoms with van der Waals surface area (Å²) >= 11 is 6.00. The standard InChI is InChI=1S/C18H17ClN2/c1-2-20-17(14-7-9-15(19)10-8-14)18-16-6-4-3-5-13(16)11-12-21-18/h3-12,17,20H,2H2,1H3. The lowest BCUT2D eigenvalue weighted by Gasteiger charge is -2.19. The van der Waals surface area contributed by atoms with Crippen molar-refractivity contribution in [2.24, 2.45) is 0 Å². The minimum Gasteiger partial charge on any atom is -0.305 e. The van der Waals surface area contributed by atoms with E-state index in [0.717, 1.165) is 17.3 Å². The van der Waals surface area contributed by atoms with Crippen LogP contribution in [0.15, 0.2) is 60.8 Å². The number of hydrogen-bond acceptors (Lipinski definition) is 2. The van der Waals surface area contributed by atoms with Crippen LogP contribution in [0, 0.1) is 0 Å². The number of fused-ring (bicyclic) bond motifs is 1. The van der Waals surface area contributed by atoms with E-state index >= 15 is 0 Å². The average molecular weight is 297 g/mol. The van der Waals surface area contributed by atoms with E-state index in [1.165, 1.54) is 16.3 Å². The van der Waals surface area contributed by atoms with Gasteiger partial charge in [-0.25, -0.2) is 0 Å². The van der Waals surface area contributed by atoms with Gasteiger partial charge < -0.3 is 5.32 Å². The van der Waals surface area contributed by atoms with E-state index < -0.39 is 0 Å². The van der Waals surface area contributed by atoms with Crippen LogP contribution >= 0.6 is 11.6 Å². The Morgan fingerprint density at radius 2 is 1.81 bits per heavy atom. The van der Waals surface area contributed by atoms with Crippen LogP contribution in [0.5, 0.6) is 0 Å². The molecule has 2 aromatic carbocycles. The van der Waals surface area contributed by atoms with Crippen molar-refractivity contribution in [1.29, 1.82) is 0 Å². The van der Waals surface area contributed by atoms with Crippen LogP contribution in [0.1, 0.15) is 24.2 Å². The Bertz CT molecular complexity index is 732. The molecule has 0 fully saturated rings. The van der Waals surface area contributed by atoms with Gasteiger partial charge in [0.25, 0.3) is 0 Å². The van der Waals surface area contributed by atoms with Crippen LogP contribution in [0.3, 0.4) is 0 Å². The largest absolute Gasteiger partial charge is 0.305 e. The molecule has 0 aliphatic rings. The summed E-state index contributed by atoms with van der Waals surface area (Å²) in [5, 5.41) is 6.66. The van der Waals surface area contributed by atoms with E-state index in [1.54, 1.807) is 0 Å². The first-order valence-electron chi connectivity index (χ1n) is 7.12. The number of benzene rings is 2. The van der Waals surface area contributed by atoms with E-state index in [9.17, 15) is 0 Å². The second-order valence-electron chi connectivity index (χ2n) is 4.96. The summed E-state index contributed by atoms with van der Waals surface area (Å²) in [7, 11) is 0. The monoisotopic (exact) mass is 296 g/mol. The van der Waals surface area contributed by atoms with E-state index in [4.69, 9.17) is 11.6 Å². The number of hydrogen-bond donors (Lipinski definition) is 1. The molecule has 1 unspecified atom stereocenters. The van der Waals surface area contributed by atoms with Crippen LogP contribution < -0.4 is 5.32 Å². The molecular formula is C18H17ClN2. The van der Waals surface area contributed by atoms with Crippen LogP contribution in [-0.4, -0.2) is 11.5 Å². The first kappa shape index (κ1) is 14.1. The molecule has 1 atom stereocenters. The summed E-state index contributed by atoms with van der Waals surface area (Å²) in [5.41, 5.74) is 2.22. The number of halogens is 1. The fourth-order valence-electron chi connectivity index (χ4n) is 2.60. The summed E-state index contributed by atoms with van der Waals surface area (Å²) in [6, 6.07) is 18.4. The molecule has 0 bridgehead atoms. The number of nitrogens with one attached hydrogen (secondary N) is 1. The Morgan fingerprint density at radius 1 is 1.05 bits per heavy atom. The third kappa shape index (κ3) is 2.92. The third-order valence-corrected chi connectivity index (χ3v) is 3.84. The summed E-state index contributed by atoms with van der Waals surface area (Å²) in [6.07, 6.45) is 1.87. The molecule has 0 aliphatic heterocycles. The van der Waals surface area contributed by atoms with E-state index in [2.05, 4.69) is 53.6 Å². The highest BCUT2D eigenvalue weighted by molar-refractivity contribution is 6.30. The fraction of sp³-hybridized carbons (Fsp3) is 0.167. The molecule has 1 aromatic heterocycles. The van der Waals surface area contributed by atoms with Crippen molar-refractivity contribution >= 4 is 22.4 Å². The maximum absolute atomic E-state index is 6.00. The molecule has 0 amide bonds. The van der Waals surface area contributed by atoms with Crippen molar-refractivity contribution in [2.75, 3.05) is 6.54 Å². The quantitative estimate of drug-likeness (QED) is 0.762. The van der Waals surface area contributed by atoms with Gasteiger partial charge in [-0.2, -0.15) is 0 Å². The molecule has 0 radical (unpaired) electrons. The van der Waals surface area contributed by atoms with Gasteiger partial charge in [-0.05, 0) is 35.7 Å². The minimum atomic E-state index is 0.0679. The van der Waals surface area contributed by atoms with E-state index in [-0.39, 0.29) is 6.04 Å². The van der Waals surface area contributed by atoms with Crippen LogP contribution in [0.2, 0.25) is 5.02 Å². The van der Waals surface area contributed by atoms with Crippen molar-refractivity contribution in [1.82, 2.24) is 10.3 Å². The van der Waals surface area contributed by atoms with Crippen molar-refractivity contribution in [3.05, 3.63) is 77.1 Å². The molecule has 21 heavy (non-hydrogen) atoms. The van der Waals surface area contributed by atoms with Gasteiger partial charge in [0, 0.05) is 16.6 Å². The van der Waals surface area contributed by atoms with Crippen LogP contribution in [0.4, 0.5) is 0 Å². The lowest BCUT2D eigenvalue weighted by molar-refractivity contribution is 0.620. The van der Waals surface area contributed by atoms with Gasteiger partial charge in [-0.15, -0.1) is 0 Å². The van der Waals surface area contributed by atoms with Gasteiger partial charge >= 0.3 is 0 Å². The minimum absolute atomic E-state index is 0.0679. The first-order valence-corrected chi connectivity index (χ1v) is 7.50. The Hall–Kier alpha value is -1.90. The Labute approximate surface area is 129 Å². The Kier molecular flexibility index (Phi) is 4.18. The van der Waals surface area contributed by atoms with Gasteiger partial charge in [0.05, 0.1) is 11.7 Å². The van der Waals surface area contributed by atoms with E-state index in [0.29, 0.717) is 0 Å². The zero-order valence-electron chi connectivity index (χ0n) is 11.9. The SMILES string of the molecule is CCNC(c1ccc(Cl)cc1)c1nccc2ccccc12. The van der Waals surface area contributed by atoms with E-state index in [1.807, 2.05) is 24.4 Å². The molecule has 0 aliphatic carbocycles. The van der Waals surface area contributed by atoms with Crippen molar-refractivity contribution in [2.45, 2.75) is 13.0 Å². The van der Waals surface area contributed by atoms with Gasteiger partial charge in [0.15, 0.2) is 0 Å². The first-order chi connectivity index (χ1) is 10.3. The molecule has 3 rings (SSSR count). The van der Waals surface area contributed by atoms with Crippen molar-refractivity contribution in [3.63, 3.8) is 0 Å². The highest BCUT2D eigenvalue weighted by Gasteiger charge is 2.16. The maximum atomic E-state index is 6.00. The summed E-state index contributed by atoms with van der Waals surface area (Å²) in [4.78, 5) is 4.63. The molecule has 0 saturated carbocycles. The Morgan fingerprint density at radius 3 is 2.57 bits per heavy atom. The normalized spacial score (nSPS) is 12.5. The van der Waals surface area contributed by atoms with Gasteiger partial charge in [0.1, 0.15) is 0 Å². The maximum Gasteiger partial charge on any atom is 0.0757 e. The van der Waals surface area contributed by atoms with Crippen molar-refractivity contribution < 1.29 is 0 Å². The topological polar surface area (TPSA) is 24.9 Å². The second kappa shape index (κ2) is 6.25. The predicted octanol–water partition coefficient (Wildman–Crippen LogP) is 4.59. The molecule has 2 nitrogen and oxygen atoms in total. The highest BCUT2D eigenvalue weighted by Crippen LogP contribution is 2.27. The lowest BCUT2D eigenvalue weighted by Crippen LogP contribution is -2.23. The molecular weight excluding hydrogens is 280 g/mol. The van der Waals surface area contributed by atoms with Gasteiger partial charge in [-0.1, -0.05) is 54.9 Å². The van der Waals surface area contributed by atoms with Gasteiger partial charge in [0.2, 0.25) is 0 Å². The summed E-state index contributed by atoms with van der Waals surface area (Å²) in [5.74, 6) is 0. The number of nitrogens with zero attached hydrogens (tertiary/aromatic N) is 1. The zero-order chi connectivity index (χ0) is 14.7. The van der Waals surface area contributed by atoms with Crippen LogP contribution in [-0.2, 0) is 0 Å². The summed E-state index contributed by atoms with van der Waals surface area (Å²) in [6.45, 7) is 2.98. The molecule has 3 heteroatoms. The average Bonchev–Trinajstić information content (AvgIpc) is 2.53. The number of rotatable bonds is 4. The number of aromatic nitrogens is 1. The molecule has 3 aromatic rings. The summed E-state index contributed by atoms with van der Waals surface area (Å²) < 4.78 is 0. The Balaban J connectivity index is 2.13. The lowest BCUT2D eigenvalue weighted by atomic mass is 9.98. The molecule has 0 saturated heterocycles.